The molecular formula is C18H15N3. The van der Waals surface area contributed by atoms with E-state index in [0.29, 0.717) is 5.56 Å². The second-order valence-electron chi connectivity index (χ2n) is 4.85. The molecule has 0 aliphatic carbocycles. The zero-order valence-corrected chi connectivity index (χ0v) is 11.8. The molecule has 0 fully saturated rings. The first-order valence-corrected chi connectivity index (χ1v) is 6.93. The lowest BCUT2D eigenvalue weighted by molar-refractivity contribution is 1.04. The number of hydrogen-bond acceptors (Lipinski definition) is 2. The Morgan fingerprint density at radius 1 is 1.14 bits per heavy atom. The third kappa shape index (κ3) is 2.56. The molecule has 0 saturated heterocycles. The first-order valence-electron chi connectivity index (χ1n) is 6.93. The van der Waals surface area contributed by atoms with Crippen molar-refractivity contribution in [3.05, 3.63) is 72.3 Å². The van der Waals surface area contributed by atoms with E-state index in [9.17, 15) is 0 Å². The summed E-state index contributed by atoms with van der Waals surface area (Å²) in [6.45, 7) is 2.15. The number of rotatable bonds is 3. The second-order valence-corrected chi connectivity index (χ2v) is 4.85. The Morgan fingerprint density at radius 2 is 1.95 bits per heavy atom. The van der Waals surface area contributed by atoms with Gasteiger partial charge in [0, 0.05) is 18.1 Å². The maximum Gasteiger partial charge on any atom is 0.0991 e. The van der Waals surface area contributed by atoms with Crippen LogP contribution in [0.25, 0.3) is 16.8 Å². The Labute approximate surface area is 124 Å². The fourth-order valence-corrected chi connectivity index (χ4v) is 2.45. The van der Waals surface area contributed by atoms with Crippen molar-refractivity contribution in [2.75, 3.05) is 0 Å². The summed E-state index contributed by atoms with van der Waals surface area (Å²) >= 11 is 0. The highest BCUT2D eigenvalue weighted by atomic mass is 15.0. The van der Waals surface area contributed by atoms with Crippen molar-refractivity contribution < 1.29 is 0 Å². The molecule has 0 aliphatic rings. The molecule has 0 unspecified atom stereocenters. The van der Waals surface area contributed by atoms with Crippen molar-refractivity contribution in [2.24, 2.45) is 0 Å². The molecule has 2 aromatic carbocycles. The Balaban J connectivity index is 2.04. The van der Waals surface area contributed by atoms with Crippen LogP contribution in [0.1, 0.15) is 18.1 Å². The fourth-order valence-electron chi connectivity index (χ4n) is 2.45. The predicted octanol–water partition coefficient (Wildman–Crippen LogP) is 3.97. The van der Waals surface area contributed by atoms with E-state index in [2.05, 4.69) is 36.2 Å². The average molecular weight is 273 g/mol. The van der Waals surface area contributed by atoms with Crippen LogP contribution in [0.3, 0.4) is 0 Å². The van der Waals surface area contributed by atoms with Gasteiger partial charge in [-0.2, -0.15) is 5.26 Å². The van der Waals surface area contributed by atoms with E-state index in [1.807, 2.05) is 35.0 Å². The molecule has 0 N–H and O–H groups in total. The van der Waals surface area contributed by atoms with Gasteiger partial charge in [0.25, 0.3) is 0 Å². The van der Waals surface area contributed by atoms with Crippen LogP contribution in [-0.4, -0.2) is 9.55 Å². The summed E-state index contributed by atoms with van der Waals surface area (Å²) in [7, 11) is 0. The number of imidazole rings is 1. The first-order chi connectivity index (χ1) is 10.3. The lowest BCUT2D eigenvalue weighted by Crippen LogP contribution is -1.94. The highest BCUT2D eigenvalue weighted by Gasteiger charge is 2.06. The fraction of sp³-hybridized carbons (Fsp3) is 0.111. The van der Waals surface area contributed by atoms with Crippen molar-refractivity contribution in [2.45, 2.75) is 13.3 Å². The quantitative estimate of drug-likeness (QED) is 0.724. The van der Waals surface area contributed by atoms with Gasteiger partial charge < -0.3 is 4.57 Å². The van der Waals surface area contributed by atoms with Gasteiger partial charge in [-0.05, 0) is 47.4 Å². The third-order valence-electron chi connectivity index (χ3n) is 3.60. The predicted molar refractivity (Wildman–Crippen MR) is 83.1 cm³/mol. The molecule has 0 saturated carbocycles. The Kier molecular flexibility index (Phi) is 3.53. The lowest BCUT2D eigenvalue weighted by Gasteiger charge is -2.11. The molecule has 3 heteroatoms. The lowest BCUT2D eigenvalue weighted by atomic mass is 9.97. The molecule has 3 rings (SSSR count). The average Bonchev–Trinajstić information content (AvgIpc) is 3.09. The number of benzene rings is 2. The number of aromatic nitrogens is 2. The normalized spacial score (nSPS) is 10.3. The minimum absolute atomic E-state index is 0.687. The maximum atomic E-state index is 8.88. The van der Waals surface area contributed by atoms with Crippen molar-refractivity contribution in [1.82, 2.24) is 9.55 Å². The van der Waals surface area contributed by atoms with E-state index in [4.69, 9.17) is 5.26 Å². The van der Waals surface area contributed by atoms with Gasteiger partial charge in [-0.3, -0.25) is 0 Å². The summed E-state index contributed by atoms with van der Waals surface area (Å²) in [5, 5.41) is 8.88. The van der Waals surface area contributed by atoms with Crippen LogP contribution in [0.15, 0.2) is 61.2 Å². The summed E-state index contributed by atoms with van der Waals surface area (Å²) in [4.78, 5) is 4.09. The molecule has 1 heterocycles. The molecule has 21 heavy (non-hydrogen) atoms. The molecule has 3 nitrogen and oxygen atoms in total. The Hall–Kier alpha value is -2.86. The molecule has 0 atom stereocenters. The van der Waals surface area contributed by atoms with Gasteiger partial charge in [-0.25, -0.2) is 4.98 Å². The number of nitriles is 1. The van der Waals surface area contributed by atoms with Crippen LogP contribution in [0.5, 0.6) is 0 Å². The molecule has 3 aromatic rings. The zero-order chi connectivity index (χ0) is 14.7. The van der Waals surface area contributed by atoms with Gasteiger partial charge in [0.05, 0.1) is 18.0 Å². The van der Waals surface area contributed by atoms with Gasteiger partial charge in [0.15, 0.2) is 0 Å². The summed E-state index contributed by atoms with van der Waals surface area (Å²) < 4.78 is 2.00. The van der Waals surface area contributed by atoms with Crippen molar-refractivity contribution >= 4 is 0 Å². The van der Waals surface area contributed by atoms with Crippen LogP contribution < -0.4 is 0 Å². The number of hydrogen-bond donors (Lipinski definition) is 0. The monoisotopic (exact) mass is 273 g/mol. The standard InChI is InChI=1S/C18H15N3/c1-2-15-11-17(21-10-9-20-13-21)7-8-18(15)16-5-3-14(12-19)4-6-16/h3-11,13H,2H2,1H3. The highest BCUT2D eigenvalue weighted by molar-refractivity contribution is 5.69. The molecule has 0 radical (unpaired) electrons. The van der Waals surface area contributed by atoms with E-state index < -0.39 is 0 Å². The molecule has 0 aliphatic heterocycles. The van der Waals surface area contributed by atoms with Crippen molar-refractivity contribution in [3.8, 4) is 22.9 Å². The van der Waals surface area contributed by atoms with E-state index in [1.165, 1.54) is 11.1 Å². The minimum Gasteiger partial charge on any atom is -0.306 e. The summed E-state index contributed by atoms with van der Waals surface area (Å²) in [6.07, 6.45) is 6.48. The maximum absolute atomic E-state index is 8.88. The summed E-state index contributed by atoms with van der Waals surface area (Å²) in [5.41, 5.74) is 5.44. The first kappa shape index (κ1) is 13.1. The van der Waals surface area contributed by atoms with Gasteiger partial charge in [0.2, 0.25) is 0 Å². The van der Waals surface area contributed by atoms with Gasteiger partial charge >= 0.3 is 0 Å². The smallest absolute Gasteiger partial charge is 0.0991 e. The third-order valence-corrected chi connectivity index (χ3v) is 3.60. The van der Waals surface area contributed by atoms with E-state index >= 15 is 0 Å². The second kappa shape index (κ2) is 5.64. The molecule has 0 spiro atoms. The minimum atomic E-state index is 0.687. The van der Waals surface area contributed by atoms with Crippen LogP contribution in [0, 0.1) is 11.3 Å². The van der Waals surface area contributed by atoms with Crippen LogP contribution >= 0.6 is 0 Å². The van der Waals surface area contributed by atoms with Gasteiger partial charge in [0.1, 0.15) is 0 Å². The zero-order valence-electron chi connectivity index (χ0n) is 11.8. The van der Waals surface area contributed by atoms with Crippen molar-refractivity contribution in [1.29, 1.82) is 5.26 Å². The van der Waals surface area contributed by atoms with Gasteiger partial charge in [-0.1, -0.05) is 25.1 Å². The van der Waals surface area contributed by atoms with E-state index in [0.717, 1.165) is 17.7 Å². The molecule has 102 valence electrons. The van der Waals surface area contributed by atoms with Crippen LogP contribution in [0.2, 0.25) is 0 Å². The Morgan fingerprint density at radius 3 is 2.57 bits per heavy atom. The topological polar surface area (TPSA) is 41.6 Å². The number of nitrogens with zero attached hydrogens (tertiary/aromatic N) is 3. The van der Waals surface area contributed by atoms with Crippen LogP contribution in [-0.2, 0) is 6.42 Å². The van der Waals surface area contributed by atoms with Crippen molar-refractivity contribution in [3.63, 3.8) is 0 Å². The summed E-state index contributed by atoms with van der Waals surface area (Å²) in [6, 6.07) is 16.3. The van der Waals surface area contributed by atoms with E-state index in [-0.39, 0.29) is 0 Å². The summed E-state index contributed by atoms with van der Waals surface area (Å²) in [5.74, 6) is 0. The molecule has 0 bridgehead atoms. The largest absolute Gasteiger partial charge is 0.306 e. The molecular weight excluding hydrogens is 258 g/mol. The van der Waals surface area contributed by atoms with Gasteiger partial charge in [-0.15, -0.1) is 0 Å². The van der Waals surface area contributed by atoms with E-state index in [1.54, 1.807) is 12.5 Å². The highest BCUT2D eigenvalue weighted by Crippen LogP contribution is 2.26. The SMILES string of the molecule is CCc1cc(-n2ccnc2)ccc1-c1ccc(C#N)cc1. The Bertz CT molecular complexity index is 778. The van der Waals surface area contributed by atoms with Crippen LogP contribution in [0.4, 0.5) is 0 Å². The molecule has 0 amide bonds. The molecule has 1 aromatic heterocycles. The number of aryl methyl sites for hydroxylation is 1.